The van der Waals surface area contributed by atoms with Crippen LogP contribution in [-0.4, -0.2) is 38.6 Å². The third-order valence-corrected chi connectivity index (χ3v) is 4.29. The van der Waals surface area contributed by atoms with Gasteiger partial charge in [-0.25, -0.2) is 0 Å². The molecule has 0 aliphatic rings. The van der Waals surface area contributed by atoms with Gasteiger partial charge >= 0.3 is 0 Å². The molecule has 0 aromatic heterocycles. The Balaban J connectivity index is 1.99. The maximum atomic E-state index is 12.3. The van der Waals surface area contributed by atoms with Crippen molar-refractivity contribution in [2.45, 2.75) is 13.0 Å². The molecule has 6 heteroatoms. The number of methoxy groups -OCH3 is 2. The first-order valence-electron chi connectivity index (χ1n) is 7.92. The molecule has 0 aliphatic heterocycles. The van der Waals surface area contributed by atoms with Gasteiger partial charge < -0.3 is 14.8 Å². The minimum absolute atomic E-state index is 0.0647. The Bertz CT molecular complexity index is 736. The van der Waals surface area contributed by atoms with E-state index in [0.29, 0.717) is 22.2 Å². The zero-order valence-electron chi connectivity index (χ0n) is 14.9. The van der Waals surface area contributed by atoms with Gasteiger partial charge in [-0.3, -0.25) is 9.69 Å². The first-order chi connectivity index (χ1) is 11.9. The predicted octanol–water partition coefficient (Wildman–Crippen LogP) is 3.99. The number of amides is 1. The van der Waals surface area contributed by atoms with Crippen LogP contribution in [0.1, 0.15) is 18.5 Å². The SMILES string of the molecule is COc1ccc(NC(=O)CN(C)[C@H](C)c2cccc(Cl)c2)cc1OC. The topological polar surface area (TPSA) is 50.8 Å². The highest BCUT2D eigenvalue weighted by molar-refractivity contribution is 6.30. The summed E-state index contributed by atoms with van der Waals surface area (Å²) in [4.78, 5) is 14.3. The molecule has 1 N–H and O–H groups in total. The van der Waals surface area contributed by atoms with Gasteiger partial charge in [-0.1, -0.05) is 23.7 Å². The van der Waals surface area contributed by atoms with Gasteiger partial charge in [0.15, 0.2) is 11.5 Å². The van der Waals surface area contributed by atoms with E-state index in [9.17, 15) is 4.79 Å². The summed E-state index contributed by atoms with van der Waals surface area (Å²) in [7, 11) is 5.03. The maximum Gasteiger partial charge on any atom is 0.238 e. The van der Waals surface area contributed by atoms with Crippen LogP contribution in [0.5, 0.6) is 11.5 Å². The Hall–Kier alpha value is -2.24. The van der Waals surface area contributed by atoms with E-state index in [1.54, 1.807) is 32.4 Å². The van der Waals surface area contributed by atoms with E-state index in [2.05, 4.69) is 5.32 Å². The molecule has 0 fully saturated rings. The third kappa shape index (κ3) is 5.11. The summed E-state index contributed by atoms with van der Waals surface area (Å²) in [5.74, 6) is 1.08. The van der Waals surface area contributed by atoms with Crippen molar-refractivity contribution >= 4 is 23.2 Å². The molecule has 134 valence electrons. The van der Waals surface area contributed by atoms with Gasteiger partial charge in [-0.05, 0) is 43.8 Å². The molecule has 5 nitrogen and oxygen atoms in total. The molecular weight excluding hydrogens is 340 g/mol. The van der Waals surface area contributed by atoms with Gasteiger partial charge in [0.05, 0.1) is 20.8 Å². The lowest BCUT2D eigenvalue weighted by molar-refractivity contribution is -0.117. The van der Waals surface area contributed by atoms with Crippen molar-refractivity contribution < 1.29 is 14.3 Å². The molecule has 0 saturated carbocycles. The lowest BCUT2D eigenvalue weighted by Gasteiger charge is -2.24. The number of ether oxygens (including phenoxy) is 2. The summed E-state index contributed by atoms with van der Waals surface area (Å²) in [5.41, 5.74) is 1.72. The minimum atomic E-state index is -0.108. The quantitative estimate of drug-likeness (QED) is 0.809. The van der Waals surface area contributed by atoms with Crippen LogP contribution in [0.2, 0.25) is 5.02 Å². The standard InChI is InChI=1S/C19H23ClN2O3/c1-13(14-6-5-7-15(20)10-14)22(2)12-19(23)21-16-8-9-17(24-3)18(11-16)25-4/h5-11,13H,12H2,1-4H3,(H,21,23)/t13-/m1/s1. The fourth-order valence-electron chi connectivity index (χ4n) is 2.50. The van der Waals surface area contributed by atoms with Gasteiger partial charge in [-0.15, -0.1) is 0 Å². The van der Waals surface area contributed by atoms with Gasteiger partial charge in [0.25, 0.3) is 0 Å². The van der Waals surface area contributed by atoms with Crippen molar-refractivity contribution in [3.8, 4) is 11.5 Å². The van der Waals surface area contributed by atoms with E-state index in [-0.39, 0.29) is 18.5 Å². The number of hydrogen-bond acceptors (Lipinski definition) is 4. The van der Waals surface area contributed by atoms with Crippen molar-refractivity contribution in [1.29, 1.82) is 0 Å². The van der Waals surface area contributed by atoms with Crippen molar-refractivity contribution in [1.82, 2.24) is 4.90 Å². The second kappa shape index (κ2) is 8.74. The van der Waals surface area contributed by atoms with Gasteiger partial charge in [0, 0.05) is 22.8 Å². The monoisotopic (exact) mass is 362 g/mol. The van der Waals surface area contributed by atoms with E-state index in [1.165, 1.54) is 0 Å². The molecule has 2 aromatic carbocycles. The van der Waals surface area contributed by atoms with Crippen LogP contribution >= 0.6 is 11.6 Å². The lowest BCUT2D eigenvalue weighted by atomic mass is 10.1. The van der Waals surface area contributed by atoms with Crippen molar-refractivity contribution in [2.75, 3.05) is 33.1 Å². The number of carbonyl (C=O) groups excluding carboxylic acids is 1. The molecular formula is C19H23ClN2O3. The number of nitrogens with one attached hydrogen (secondary N) is 1. The molecule has 0 aliphatic carbocycles. The number of nitrogens with zero attached hydrogens (tertiary/aromatic N) is 1. The smallest absolute Gasteiger partial charge is 0.238 e. The third-order valence-electron chi connectivity index (χ3n) is 4.05. The van der Waals surface area contributed by atoms with E-state index >= 15 is 0 Å². The number of benzene rings is 2. The van der Waals surface area contributed by atoms with E-state index < -0.39 is 0 Å². The normalized spacial score (nSPS) is 11.9. The predicted molar refractivity (Wildman–Crippen MR) is 101 cm³/mol. The summed E-state index contributed by atoms with van der Waals surface area (Å²) in [6, 6.07) is 13.0. The van der Waals surface area contributed by atoms with Crippen LogP contribution in [0.4, 0.5) is 5.69 Å². The summed E-state index contributed by atoms with van der Waals surface area (Å²) in [5, 5.41) is 3.56. The Morgan fingerprint density at radius 2 is 1.88 bits per heavy atom. The van der Waals surface area contributed by atoms with Crippen LogP contribution in [0.3, 0.4) is 0 Å². The molecule has 0 saturated heterocycles. The average molecular weight is 363 g/mol. The summed E-state index contributed by atoms with van der Waals surface area (Å²) in [6.45, 7) is 2.29. The largest absolute Gasteiger partial charge is 0.493 e. The Morgan fingerprint density at radius 1 is 1.16 bits per heavy atom. The molecule has 0 unspecified atom stereocenters. The fourth-order valence-corrected chi connectivity index (χ4v) is 2.70. The van der Waals surface area contributed by atoms with Crippen molar-refractivity contribution in [3.05, 3.63) is 53.1 Å². The number of carbonyl (C=O) groups is 1. The van der Waals surface area contributed by atoms with Crippen LogP contribution in [-0.2, 0) is 4.79 Å². The van der Waals surface area contributed by atoms with Crippen molar-refractivity contribution in [2.24, 2.45) is 0 Å². The van der Waals surface area contributed by atoms with E-state index in [1.807, 2.05) is 43.1 Å². The van der Waals surface area contributed by atoms with Crippen LogP contribution in [0.25, 0.3) is 0 Å². The molecule has 1 amide bonds. The molecule has 2 rings (SSSR count). The number of halogens is 1. The summed E-state index contributed by atoms with van der Waals surface area (Å²) < 4.78 is 10.4. The zero-order chi connectivity index (χ0) is 18.4. The summed E-state index contributed by atoms with van der Waals surface area (Å²) >= 11 is 6.04. The van der Waals surface area contributed by atoms with Gasteiger partial charge in [0.2, 0.25) is 5.91 Å². The van der Waals surface area contributed by atoms with E-state index in [4.69, 9.17) is 21.1 Å². The Labute approximate surface area is 153 Å². The molecule has 2 aromatic rings. The second-order valence-corrected chi connectivity index (χ2v) is 6.20. The van der Waals surface area contributed by atoms with E-state index in [0.717, 1.165) is 5.56 Å². The first-order valence-corrected chi connectivity index (χ1v) is 8.30. The van der Waals surface area contributed by atoms with Crippen LogP contribution in [0.15, 0.2) is 42.5 Å². The van der Waals surface area contributed by atoms with Gasteiger partial charge in [-0.2, -0.15) is 0 Å². The Morgan fingerprint density at radius 3 is 2.52 bits per heavy atom. The van der Waals surface area contributed by atoms with Crippen LogP contribution in [0, 0.1) is 0 Å². The second-order valence-electron chi connectivity index (χ2n) is 5.76. The molecule has 0 radical (unpaired) electrons. The number of anilines is 1. The highest BCUT2D eigenvalue weighted by Gasteiger charge is 2.16. The average Bonchev–Trinajstić information content (AvgIpc) is 2.60. The molecule has 25 heavy (non-hydrogen) atoms. The maximum absolute atomic E-state index is 12.3. The zero-order valence-corrected chi connectivity index (χ0v) is 15.6. The minimum Gasteiger partial charge on any atom is -0.493 e. The fraction of sp³-hybridized carbons (Fsp3) is 0.316. The van der Waals surface area contributed by atoms with Crippen LogP contribution < -0.4 is 14.8 Å². The van der Waals surface area contributed by atoms with Gasteiger partial charge in [0.1, 0.15) is 0 Å². The number of hydrogen-bond donors (Lipinski definition) is 1. The Kier molecular flexibility index (Phi) is 6.67. The highest BCUT2D eigenvalue weighted by atomic mass is 35.5. The number of rotatable bonds is 7. The van der Waals surface area contributed by atoms with Crippen molar-refractivity contribution in [3.63, 3.8) is 0 Å². The first kappa shape index (κ1) is 19.1. The molecule has 0 spiro atoms. The number of likely N-dealkylation sites (N-methyl/N-ethyl adjacent to an activating group) is 1. The molecule has 0 heterocycles. The lowest BCUT2D eigenvalue weighted by Crippen LogP contribution is -2.32. The molecule has 0 bridgehead atoms. The molecule has 1 atom stereocenters. The summed E-state index contributed by atoms with van der Waals surface area (Å²) in [6.07, 6.45) is 0. The highest BCUT2D eigenvalue weighted by Crippen LogP contribution is 2.29.